The predicted molar refractivity (Wildman–Crippen MR) is 191 cm³/mol. The lowest BCUT2D eigenvalue weighted by Gasteiger charge is -2.23. The van der Waals surface area contributed by atoms with Crippen LogP contribution in [0.3, 0.4) is 0 Å². The van der Waals surface area contributed by atoms with Gasteiger partial charge < -0.3 is 20.1 Å². The molecule has 1 aliphatic heterocycles. The molecule has 14 nitrogen and oxygen atoms in total. The monoisotopic (exact) mass is 744 g/mol. The fourth-order valence-corrected chi connectivity index (χ4v) is 7.60. The van der Waals surface area contributed by atoms with Crippen molar-refractivity contribution in [3.05, 3.63) is 37.5 Å². The molecule has 16 heteroatoms. The summed E-state index contributed by atoms with van der Waals surface area (Å²) in [7, 11) is -7.46. The first-order chi connectivity index (χ1) is 23.0. The average molecular weight is 745 g/mol. The molecule has 2 aliphatic carbocycles. The summed E-state index contributed by atoms with van der Waals surface area (Å²) in [4.78, 5) is 49.1. The summed E-state index contributed by atoms with van der Waals surface area (Å²) in [5.41, 5.74) is -3.99. The molecule has 2 saturated carbocycles. The lowest BCUT2D eigenvalue weighted by atomic mass is 10.1. The minimum absolute atomic E-state index is 0.0877. The summed E-state index contributed by atoms with van der Waals surface area (Å²) in [6.07, 6.45) is 12.3. The fourth-order valence-electron chi connectivity index (χ4n) is 5.30. The Morgan fingerprint density at radius 3 is 2.14 bits per heavy atom. The van der Waals surface area contributed by atoms with E-state index in [1.165, 1.54) is 6.08 Å². The van der Waals surface area contributed by atoms with E-state index in [9.17, 15) is 36.0 Å². The lowest BCUT2D eigenvalue weighted by Crippen LogP contribution is -2.53. The van der Waals surface area contributed by atoms with Gasteiger partial charge in [-0.3, -0.25) is 19.0 Å². The van der Waals surface area contributed by atoms with Crippen molar-refractivity contribution in [1.29, 1.82) is 0 Å². The molecule has 3 rings (SSSR count). The number of ether oxygens (including phenoxy) is 2. The number of alkyl carbamates (subject to hydrolysis) is 2. The van der Waals surface area contributed by atoms with Gasteiger partial charge in [0, 0.05) is 11.8 Å². The number of sulfonamides is 2. The predicted octanol–water partition coefficient (Wildman–Crippen LogP) is 4.49. The van der Waals surface area contributed by atoms with E-state index < -0.39 is 66.3 Å². The Balaban J connectivity index is 0.000000348. The van der Waals surface area contributed by atoms with Crippen molar-refractivity contribution in [3.8, 4) is 0 Å². The standard InChI is InChI=1S/C18H30N2O5S.C16H26N2O5S/c1-6-8-9-10-11-12-26(23,24)20-15(21)18(13-14(18)7-2)19-16(22)25-17(3,4)5;1-15(2,3)23-14(20)17-16-11-12(16)9-7-5-4-6-8-10-24(21,22)18-13(16)19/h6-7,14H,1-2,8-13H2,3-5H3,(H,19,22)(H,20,21);7,9,12H,4-6,8,10-11H2,1-3H3,(H,17,20)(H,18,19)/b;9-7-/t14-,18-;12-,16-/m11/s1. The molecule has 1 heterocycles. The number of unbranched alkanes of at least 4 members (excludes halogenated alkanes) is 3. The van der Waals surface area contributed by atoms with Crippen LogP contribution >= 0.6 is 0 Å². The molecular formula is C34H56N4O10S2. The van der Waals surface area contributed by atoms with Gasteiger partial charge >= 0.3 is 12.2 Å². The van der Waals surface area contributed by atoms with Crippen molar-refractivity contribution in [3.63, 3.8) is 0 Å². The first-order valence-electron chi connectivity index (χ1n) is 17.0. The summed E-state index contributed by atoms with van der Waals surface area (Å²) in [6, 6.07) is 0. The van der Waals surface area contributed by atoms with Gasteiger partial charge in [-0.15, -0.1) is 13.2 Å². The van der Waals surface area contributed by atoms with Crippen LogP contribution in [0.1, 0.15) is 106 Å². The molecule has 50 heavy (non-hydrogen) atoms. The van der Waals surface area contributed by atoms with Crippen molar-refractivity contribution < 1.29 is 45.5 Å². The number of nitrogens with one attached hydrogen (secondary N) is 4. The first kappa shape index (κ1) is 42.8. The third-order valence-corrected chi connectivity index (χ3v) is 10.7. The highest BCUT2D eigenvalue weighted by molar-refractivity contribution is 7.90. The van der Waals surface area contributed by atoms with E-state index >= 15 is 0 Å². The Morgan fingerprint density at radius 1 is 0.960 bits per heavy atom. The molecule has 0 spiro atoms. The zero-order chi connectivity index (χ0) is 38.0. The second-order valence-electron chi connectivity index (χ2n) is 15.0. The van der Waals surface area contributed by atoms with Crippen LogP contribution in [0.15, 0.2) is 37.5 Å². The number of rotatable bonds is 11. The fraction of sp³-hybridized carbons (Fsp3) is 0.706. The van der Waals surface area contributed by atoms with E-state index in [-0.39, 0.29) is 29.8 Å². The molecule has 0 bridgehead atoms. The number of fused-ring (bicyclic) bond motifs is 1. The number of carbonyl (C=O) groups is 4. The lowest BCUT2D eigenvalue weighted by molar-refractivity contribution is -0.123. The third-order valence-electron chi connectivity index (χ3n) is 8.04. The average Bonchev–Trinajstić information content (AvgIpc) is 3.84. The van der Waals surface area contributed by atoms with E-state index in [0.29, 0.717) is 19.3 Å². The van der Waals surface area contributed by atoms with Crippen molar-refractivity contribution >= 4 is 44.0 Å². The molecule has 3 aliphatic rings. The van der Waals surface area contributed by atoms with Crippen molar-refractivity contribution in [2.24, 2.45) is 11.8 Å². The number of amides is 4. The molecule has 2 fully saturated rings. The molecule has 4 atom stereocenters. The maximum absolute atomic E-state index is 12.5. The highest BCUT2D eigenvalue weighted by atomic mass is 32.2. The Labute approximate surface area is 297 Å². The van der Waals surface area contributed by atoms with Gasteiger partial charge in [-0.25, -0.2) is 26.4 Å². The minimum atomic E-state index is -3.77. The second kappa shape index (κ2) is 17.2. The molecule has 0 aromatic rings. The van der Waals surface area contributed by atoms with Gasteiger partial charge in [0.1, 0.15) is 22.3 Å². The van der Waals surface area contributed by atoms with Gasteiger partial charge in [-0.1, -0.05) is 37.1 Å². The van der Waals surface area contributed by atoms with E-state index in [1.54, 1.807) is 47.6 Å². The van der Waals surface area contributed by atoms with E-state index in [1.807, 2.05) is 12.2 Å². The van der Waals surface area contributed by atoms with Crippen molar-refractivity contribution in [1.82, 2.24) is 20.1 Å². The molecule has 0 saturated heterocycles. The topological polar surface area (TPSA) is 203 Å². The third kappa shape index (κ3) is 14.1. The molecule has 4 amide bonds. The quantitative estimate of drug-likeness (QED) is 0.172. The van der Waals surface area contributed by atoms with Gasteiger partial charge in [-0.05, 0) is 92.9 Å². The molecular weight excluding hydrogens is 689 g/mol. The smallest absolute Gasteiger partial charge is 0.408 e. The number of carbonyl (C=O) groups excluding carboxylic acids is 4. The minimum Gasteiger partial charge on any atom is -0.444 e. The van der Waals surface area contributed by atoms with Crippen LogP contribution in [-0.2, 0) is 39.1 Å². The zero-order valence-corrected chi connectivity index (χ0v) is 31.9. The van der Waals surface area contributed by atoms with Gasteiger partial charge in [-0.2, -0.15) is 0 Å². The summed E-state index contributed by atoms with van der Waals surface area (Å²) < 4.78 is 62.9. The normalized spacial score (nSPS) is 26.6. The van der Waals surface area contributed by atoms with E-state index in [2.05, 4.69) is 33.2 Å². The Morgan fingerprint density at radius 2 is 1.58 bits per heavy atom. The van der Waals surface area contributed by atoms with Crippen LogP contribution in [0.5, 0.6) is 0 Å². The van der Waals surface area contributed by atoms with Crippen molar-refractivity contribution in [2.75, 3.05) is 11.5 Å². The Kier molecular flexibility index (Phi) is 14.7. The van der Waals surface area contributed by atoms with Crippen LogP contribution in [0.25, 0.3) is 0 Å². The largest absolute Gasteiger partial charge is 0.444 e. The molecule has 0 unspecified atom stereocenters. The summed E-state index contributed by atoms with van der Waals surface area (Å²) >= 11 is 0. The summed E-state index contributed by atoms with van der Waals surface area (Å²) in [5, 5.41) is 5.09. The van der Waals surface area contributed by atoms with Gasteiger partial charge in [0.25, 0.3) is 11.8 Å². The highest BCUT2D eigenvalue weighted by Crippen LogP contribution is 2.46. The van der Waals surface area contributed by atoms with Crippen molar-refractivity contribution in [2.45, 2.75) is 128 Å². The molecule has 0 radical (unpaired) electrons. The maximum Gasteiger partial charge on any atom is 0.408 e. The molecule has 0 aromatic carbocycles. The van der Waals surface area contributed by atoms with Gasteiger partial charge in [0.05, 0.1) is 11.5 Å². The number of hydrogen-bond acceptors (Lipinski definition) is 10. The van der Waals surface area contributed by atoms with Crippen LogP contribution in [-0.4, -0.2) is 74.6 Å². The van der Waals surface area contributed by atoms with E-state index in [0.717, 1.165) is 38.5 Å². The Hall–Kier alpha value is -3.40. The Bertz CT molecular complexity index is 1510. The summed E-state index contributed by atoms with van der Waals surface area (Å²) in [6.45, 7) is 17.5. The number of hydrogen-bond donors (Lipinski definition) is 4. The van der Waals surface area contributed by atoms with Crippen LogP contribution < -0.4 is 20.1 Å². The molecule has 4 N–H and O–H groups in total. The zero-order valence-electron chi connectivity index (χ0n) is 30.3. The molecule has 284 valence electrons. The van der Waals surface area contributed by atoms with Gasteiger partial charge in [0.2, 0.25) is 20.0 Å². The van der Waals surface area contributed by atoms with Crippen LogP contribution in [0.4, 0.5) is 9.59 Å². The number of allylic oxidation sites excluding steroid dienone is 2. The maximum atomic E-state index is 12.5. The van der Waals surface area contributed by atoms with Crippen LogP contribution in [0, 0.1) is 11.8 Å². The van der Waals surface area contributed by atoms with E-state index in [4.69, 9.17) is 9.47 Å². The highest BCUT2D eigenvalue weighted by Gasteiger charge is 2.62. The van der Waals surface area contributed by atoms with Gasteiger partial charge in [0.15, 0.2) is 0 Å². The second-order valence-corrected chi connectivity index (χ2v) is 18.7. The SMILES string of the molecule is C=CCCCCCS(=O)(=O)NC(=O)[C@@]1(NC(=O)OC(C)(C)C)C[C@H]1C=C.CC(C)(C)OC(=O)N[C@]12C[C@H]1/C=C\CCCCCS(=O)(=O)NC2=O. The molecule has 0 aromatic heterocycles. The first-order valence-corrected chi connectivity index (χ1v) is 20.3. The summed E-state index contributed by atoms with van der Waals surface area (Å²) in [5.74, 6) is -2.23. The van der Waals surface area contributed by atoms with Crippen LogP contribution in [0.2, 0.25) is 0 Å².